The molecule has 5 heteroatoms. The van der Waals surface area contributed by atoms with E-state index in [4.69, 9.17) is 5.73 Å². The van der Waals surface area contributed by atoms with E-state index in [9.17, 15) is 13.9 Å². The predicted molar refractivity (Wildman–Crippen MR) is 52.7 cm³/mol. The van der Waals surface area contributed by atoms with Crippen LogP contribution in [0.3, 0.4) is 0 Å². The van der Waals surface area contributed by atoms with Gasteiger partial charge in [0.25, 0.3) is 0 Å². The highest BCUT2D eigenvalue weighted by Crippen LogP contribution is 2.28. The van der Waals surface area contributed by atoms with E-state index in [1.54, 1.807) is 0 Å². The number of aliphatic hydroxyl groups excluding tert-OH is 1. The summed E-state index contributed by atoms with van der Waals surface area (Å²) in [4.78, 5) is 0. The van der Waals surface area contributed by atoms with Gasteiger partial charge in [-0.1, -0.05) is 6.07 Å². The van der Waals surface area contributed by atoms with Crippen LogP contribution in [-0.4, -0.2) is 11.7 Å². The third-order valence-corrected chi connectivity index (χ3v) is 2.67. The molecule has 14 heavy (non-hydrogen) atoms. The second-order valence-corrected chi connectivity index (χ2v) is 3.65. The fourth-order valence-corrected chi connectivity index (χ4v) is 1.70. The highest BCUT2D eigenvalue weighted by atomic mass is 79.9. The summed E-state index contributed by atoms with van der Waals surface area (Å²) < 4.78 is 25.7. The summed E-state index contributed by atoms with van der Waals surface area (Å²) in [5, 5.41) is 9.52. The van der Waals surface area contributed by atoms with Crippen molar-refractivity contribution >= 4 is 15.9 Å². The van der Waals surface area contributed by atoms with Crippen molar-refractivity contribution in [3.8, 4) is 0 Å². The Hall–Kier alpha value is -0.520. The maximum atomic E-state index is 13.0. The van der Waals surface area contributed by atoms with Crippen molar-refractivity contribution in [2.24, 2.45) is 5.73 Å². The molecule has 0 heterocycles. The second kappa shape index (κ2) is 4.82. The molecule has 0 aliphatic rings. The fourth-order valence-electron chi connectivity index (χ4n) is 1.11. The van der Waals surface area contributed by atoms with Gasteiger partial charge in [-0.25, -0.2) is 8.78 Å². The van der Waals surface area contributed by atoms with Gasteiger partial charge in [0.1, 0.15) is 0 Å². The van der Waals surface area contributed by atoms with Gasteiger partial charge in [0, 0.05) is 0 Å². The molecule has 78 valence electrons. The first-order valence-corrected chi connectivity index (χ1v) is 4.88. The number of halogens is 3. The molecule has 0 saturated carbocycles. The minimum Gasteiger partial charge on any atom is -0.388 e. The van der Waals surface area contributed by atoms with Crippen LogP contribution in [0, 0.1) is 11.6 Å². The first-order chi connectivity index (χ1) is 6.57. The number of hydrogen-bond acceptors (Lipinski definition) is 2. The van der Waals surface area contributed by atoms with Crippen LogP contribution < -0.4 is 5.73 Å². The third-order valence-electron chi connectivity index (χ3n) is 1.86. The molecule has 0 radical (unpaired) electrons. The van der Waals surface area contributed by atoms with Crippen molar-refractivity contribution in [3.63, 3.8) is 0 Å². The molecule has 1 unspecified atom stereocenters. The average molecular weight is 266 g/mol. The summed E-state index contributed by atoms with van der Waals surface area (Å²) in [6, 6.07) is 2.32. The lowest BCUT2D eigenvalue weighted by molar-refractivity contribution is 0.169. The van der Waals surface area contributed by atoms with Gasteiger partial charge in [-0.2, -0.15) is 0 Å². The molecule has 2 nitrogen and oxygen atoms in total. The smallest absolute Gasteiger partial charge is 0.173 e. The average Bonchev–Trinajstić information content (AvgIpc) is 2.15. The summed E-state index contributed by atoms with van der Waals surface area (Å²) in [6.07, 6.45) is -0.562. The molecule has 3 N–H and O–H groups in total. The molecule has 0 aromatic heterocycles. The molecular formula is C9H10BrF2NO. The standard InChI is InChI=1S/C9H10BrF2NO/c10-8-5(7(14)3-4-13)1-2-6(11)9(8)12/h1-2,7,14H,3-4,13H2. The SMILES string of the molecule is NCCC(O)c1ccc(F)c(F)c1Br. The minimum absolute atomic E-state index is 0.0431. The molecule has 1 rings (SSSR count). The first kappa shape index (κ1) is 11.6. The maximum Gasteiger partial charge on any atom is 0.173 e. The summed E-state index contributed by atoms with van der Waals surface area (Å²) in [6.45, 7) is 0.284. The lowest BCUT2D eigenvalue weighted by atomic mass is 10.1. The van der Waals surface area contributed by atoms with E-state index < -0.39 is 17.7 Å². The van der Waals surface area contributed by atoms with Crippen molar-refractivity contribution in [1.82, 2.24) is 0 Å². The molecule has 0 fully saturated rings. The van der Waals surface area contributed by atoms with Crippen molar-refractivity contribution in [2.75, 3.05) is 6.54 Å². The van der Waals surface area contributed by atoms with Crippen LogP contribution >= 0.6 is 15.9 Å². The van der Waals surface area contributed by atoms with Gasteiger partial charge in [0.2, 0.25) is 0 Å². The van der Waals surface area contributed by atoms with E-state index in [0.29, 0.717) is 12.0 Å². The van der Waals surface area contributed by atoms with Gasteiger partial charge in [-0.15, -0.1) is 0 Å². The van der Waals surface area contributed by atoms with E-state index in [2.05, 4.69) is 15.9 Å². The molecule has 0 aliphatic carbocycles. The zero-order valence-electron chi connectivity index (χ0n) is 7.30. The Morgan fingerprint density at radius 2 is 2.07 bits per heavy atom. The molecule has 1 atom stereocenters. The van der Waals surface area contributed by atoms with Crippen LogP contribution in [0.1, 0.15) is 18.1 Å². The monoisotopic (exact) mass is 265 g/mol. The van der Waals surface area contributed by atoms with E-state index in [0.717, 1.165) is 6.07 Å². The normalized spacial score (nSPS) is 12.9. The summed E-state index contributed by atoms with van der Waals surface area (Å²) in [5.41, 5.74) is 5.56. The number of rotatable bonds is 3. The lowest BCUT2D eigenvalue weighted by Gasteiger charge is -2.12. The minimum atomic E-state index is -0.987. The molecule has 1 aromatic rings. The predicted octanol–water partition coefficient (Wildman–Crippen LogP) is 2.11. The van der Waals surface area contributed by atoms with Gasteiger partial charge < -0.3 is 10.8 Å². The van der Waals surface area contributed by atoms with Gasteiger partial charge in [0.05, 0.1) is 10.6 Å². The Labute approximate surface area is 88.9 Å². The highest BCUT2D eigenvalue weighted by molar-refractivity contribution is 9.10. The summed E-state index contributed by atoms with van der Waals surface area (Å²) in [7, 11) is 0. The van der Waals surface area contributed by atoms with E-state index in [1.807, 2.05) is 0 Å². The zero-order valence-corrected chi connectivity index (χ0v) is 8.89. The maximum absolute atomic E-state index is 13.0. The second-order valence-electron chi connectivity index (χ2n) is 2.86. The van der Waals surface area contributed by atoms with Crippen LogP contribution in [0.15, 0.2) is 16.6 Å². The Morgan fingerprint density at radius 3 is 2.64 bits per heavy atom. The van der Waals surface area contributed by atoms with E-state index in [-0.39, 0.29) is 11.0 Å². The van der Waals surface area contributed by atoms with Crippen molar-refractivity contribution < 1.29 is 13.9 Å². The highest BCUT2D eigenvalue weighted by Gasteiger charge is 2.16. The molecule has 0 bridgehead atoms. The quantitative estimate of drug-likeness (QED) is 0.823. The Morgan fingerprint density at radius 1 is 1.43 bits per heavy atom. The Balaban J connectivity index is 3.04. The molecule has 0 spiro atoms. The number of nitrogens with two attached hydrogens (primary N) is 1. The van der Waals surface area contributed by atoms with Gasteiger partial charge in [0.15, 0.2) is 11.6 Å². The van der Waals surface area contributed by atoms with Gasteiger partial charge >= 0.3 is 0 Å². The Bertz CT molecular complexity index is 333. The zero-order chi connectivity index (χ0) is 10.7. The number of hydrogen-bond donors (Lipinski definition) is 2. The van der Waals surface area contributed by atoms with Crippen molar-refractivity contribution in [3.05, 3.63) is 33.8 Å². The first-order valence-electron chi connectivity index (χ1n) is 4.09. The fraction of sp³-hybridized carbons (Fsp3) is 0.333. The van der Waals surface area contributed by atoms with Gasteiger partial charge in [-0.05, 0) is 40.5 Å². The number of aliphatic hydroxyl groups is 1. The van der Waals surface area contributed by atoms with Crippen molar-refractivity contribution in [2.45, 2.75) is 12.5 Å². The summed E-state index contributed by atoms with van der Waals surface area (Å²) >= 11 is 2.89. The van der Waals surface area contributed by atoms with E-state index in [1.165, 1.54) is 6.07 Å². The van der Waals surface area contributed by atoms with Crippen LogP contribution in [0.4, 0.5) is 8.78 Å². The third kappa shape index (κ3) is 2.29. The van der Waals surface area contributed by atoms with Gasteiger partial charge in [-0.3, -0.25) is 0 Å². The molecular weight excluding hydrogens is 256 g/mol. The molecule has 0 aliphatic heterocycles. The van der Waals surface area contributed by atoms with Crippen LogP contribution in [0.25, 0.3) is 0 Å². The molecule has 1 aromatic carbocycles. The summed E-state index contributed by atoms with van der Waals surface area (Å²) in [5.74, 6) is -1.93. The van der Waals surface area contributed by atoms with E-state index >= 15 is 0 Å². The number of benzene rings is 1. The largest absolute Gasteiger partial charge is 0.388 e. The van der Waals surface area contributed by atoms with Crippen LogP contribution in [-0.2, 0) is 0 Å². The molecule has 0 saturated heterocycles. The Kier molecular flexibility index (Phi) is 3.97. The lowest BCUT2D eigenvalue weighted by Crippen LogP contribution is -2.08. The van der Waals surface area contributed by atoms with Crippen LogP contribution in [0.5, 0.6) is 0 Å². The van der Waals surface area contributed by atoms with Crippen LogP contribution in [0.2, 0.25) is 0 Å². The molecule has 0 amide bonds. The topological polar surface area (TPSA) is 46.2 Å². The van der Waals surface area contributed by atoms with Crippen molar-refractivity contribution in [1.29, 1.82) is 0 Å².